The van der Waals surface area contributed by atoms with Crippen LogP contribution in [0, 0.1) is 5.92 Å². The third-order valence-electron chi connectivity index (χ3n) is 6.32. The van der Waals surface area contributed by atoms with Gasteiger partial charge in [0.15, 0.2) is 0 Å². The van der Waals surface area contributed by atoms with E-state index in [-0.39, 0.29) is 11.8 Å². The van der Waals surface area contributed by atoms with Gasteiger partial charge in [-0.15, -0.1) is 0 Å². The molecule has 2 aliphatic heterocycles. The summed E-state index contributed by atoms with van der Waals surface area (Å²) in [5.74, 6) is 0.871. The predicted molar refractivity (Wildman–Crippen MR) is 116 cm³/mol. The van der Waals surface area contributed by atoms with Crippen molar-refractivity contribution >= 4 is 11.8 Å². The molecule has 2 aliphatic rings. The molecular weight excluding hydrogens is 362 g/mol. The average molecular weight is 398 g/mol. The first-order chi connectivity index (χ1) is 14.1. The Kier molecular flexibility index (Phi) is 7.87. The number of amides is 2. The standard InChI is InChI=1S/C24H35N3O2/c1-3-20(2)24(29)27-13-7-10-22(19-27)11-12-23(28)26-16-14-25(15-17-26)18-21-8-5-4-6-9-21/h3-6,8-9,22H,7,10-19H2,1-2H3/b20-3+/t22-/m1/s1. The van der Waals surface area contributed by atoms with Crippen LogP contribution in [0.15, 0.2) is 42.0 Å². The van der Waals surface area contributed by atoms with Gasteiger partial charge in [-0.2, -0.15) is 0 Å². The van der Waals surface area contributed by atoms with Crippen LogP contribution in [0.25, 0.3) is 0 Å². The molecule has 2 amide bonds. The monoisotopic (exact) mass is 397 g/mol. The molecule has 0 aromatic heterocycles. The van der Waals surface area contributed by atoms with Crippen molar-refractivity contribution in [1.82, 2.24) is 14.7 Å². The van der Waals surface area contributed by atoms with Gasteiger partial charge in [0, 0.05) is 57.8 Å². The number of rotatable bonds is 6. The number of piperazine rings is 1. The van der Waals surface area contributed by atoms with Gasteiger partial charge in [0.25, 0.3) is 0 Å². The van der Waals surface area contributed by atoms with Crippen LogP contribution in [-0.2, 0) is 16.1 Å². The van der Waals surface area contributed by atoms with Crippen molar-refractivity contribution in [1.29, 1.82) is 0 Å². The Labute approximate surface area is 175 Å². The van der Waals surface area contributed by atoms with Crippen molar-refractivity contribution in [3.05, 3.63) is 47.5 Å². The van der Waals surface area contributed by atoms with Gasteiger partial charge in [-0.1, -0.05) is 36.4 Å². The van der Waals surface area contributed by atoms with E-state index in [9.17, 15) is 9.59 Å². The lowest BCUT2D eigenvalue weighted by atomic mass is 9.92. The summed E-state index contributed by atoms with van der Waals surface area (Å²) in [5, 5.41) is 0. The molecule has 1 aromatic carbocycles. The fourth-order valence-corrected chi connectivity index (χ4v) is 4.34. The van der Waals surface area contributed by atoms with E-state index < -0.39 is 0 Å². The zero-order chi connectivity index (χ0) is 20.6. The lowest BCUT2D eigenvalue weighted by Crippen LogP contribution is -2.48. The highest BCUT2D eigenvalue weighted by Gasteiger charge is 2.26. The Hall–Kier alpha value is -2.14. The van der Waals surface area contributed by atoms with Gasteiger partial charge >= 0.3 is 0 Å². The average Bonchev–Trinajstić information content (AvgIpc) is 2.77. The number of piperidine rings is 1. The van der Waals surface area contributed by atoms with Gasteiger partial charge in [0.1, 0.15) is 0 Å². The molecule has 5 nitrogen and oxygen atoms in total. The van der Waals surface area contributed by atoms with Crippen LogP contribution in [-0.4, -0.2) is 65.8 Å². The Morgan fingerprint density at radius 1 is 1.03 bits per heavy atom. The molecule has 0 bridgehead atoms. The highest BCUT2D eigenvalue weighted by Crippen LogP contribution is 2.23. The minimum Gasteiger partial charge on any atom is -0.340 e. The summed E-state index contributed by atoms with van der Waals surface area (Å²) in [5.41, 5.74) is 2.15. The summed E-state index contributed by atoms with van der Waals surface area (Å²) in [6.45, 7) is 9.91. The van der Waals surface area contributed by atoms with Crippen LogP contribution < -0.4 is 0 Å². The van der Waals surface area contributed by atoms with Crippen molar-refractivity contribution in [3.8, 4) is 0 Å². The Bertz CT molecular complexity index is 708. The smallest absolute Gasteiger partial charge is 0.249 e. The van der Waals surface area contributed by atoms with Gasteiger partial charge in [-0.3, -0.25) is 14.5 Å². The predicted octanol–water partition coefficient (Wildman–Crippen LogP) is 3.32. The van der Waals surface area contributed by atoms with Crippen molar-refractivity contribution in [2.75, 3.05) is 39.3 Å². The number of carbonyl (C=O) groups is 2. The van der Waals surface area contributed by atoms with E-state index in [1.165, 1.54) is 5.56 Å². The molecule has 0 aliphatic carbocycles. The van der Waals surface area contributed by atoms with Crippen molar-refractivity contribution in [2.45, 2.75) is 46.1 Å². The highest BCUT2D eigenvalue weighted by molar-refractivity contribution is 5.92. The lowest BCUT2D eigenvalue weighted by molar-refractivity contribution is -0.133. The second-order valence-corrected chi connectivity index (χ2v) is 8.41. The largest absolute Gasteiger partial charge is 0.340 e. The molecule has 0 radical (unpaired) electrons. The van der Waals surface area contributed by atoms with Gasteiger partial charge in [0.05, 0.1) is 0 Å². The number of nitrogens with zero attached hydrogens (tertiary/aromatic N) is 3. The van der Waals surface area contributed by atoms with Gasteiger partial charge in [-0.05, 0) is 44.6 Å². The number of likely N-dealkylation sites (tertiary alicyclic amines) is 1. The summed E-state index contributed by atoms with van der Waals surface area (Å²) in [6, 6.07) is 10.5. The second kappa shape index (κ2) is 10.6. The first-order valence-corrected chi connectivity index (χ1v) is 11.0. The van der Waals surface area contributed by atoms with E-state index in [0.29, 0.717) is 12.3 Å². The molecule has 1 atom stereocenters. The van der Waals surface area contributed by atoms with Crippen molar-refractivity contribution in [3.63, 3.8) is 0 Å². The normalized spacial score (nSPS) is 21.3. The van der Waals surface area contributed by atoms with Crippen molar-refractivity contribution < 1.29 is 9.59 Å². The molecule has 5 heteroatoms. The van der Waals surface area contributed by atoms with Crippen LogP contribution in [0.1, 0.15) is 45.1 Å². The zero-order valence-corrected chi connectivity index (χ0v) is 18.0. The van der Waals surface area contributed by atoms with Crippen LogP contribution in [0.2, 0.25) is 0 Å². The molecule has 29 heavy (non-hydrogen) atoms. The maximum Gasteiger partial charge on any atom is 0.249 e. The second-order valence-electron chi connectivity index (χ2n) is 8.41. The molecule has 158 valence electrons. The molecule has 0 N–H and O–H groups in total. The van der Waals surface area contributed by atoms with E-state index in [2.05, 4.69) is 29.2 Å². The SMILES string of the molecule is C/C=C(\C)C(=O)N1CCC[C@H](CCC(=O)N2CCN(Cc3ccccc3)CC2)C1. The highest BCUT2D eigenvalue weighted by atomic mass is 16.2. The Morgan fingerprint density at radius 3 is 2.45 bits per heavy atom. The fraction of sp³-hybridized carbons (Fsp3) is 0.583. The van der Waals surface area contributed by atoms with E-state index in [1.54, 1.807) is 0 Å². The molecule has 2 heterocycles. The summed E-state index contributed by atoms with van der Waals surface area (Å²) < 4.78 is 0. The summed E-state index contributed by atoms with van der Waals surface area (Å²) >= 11 is 0. The number of benzene rings is 1. The molecule has 3 rings (SSSR count). The zero-order valence-electron chi connectivity index (χ0n) is 18.0. The Morgan fingerprint density at radius 2 is 1.76 bits per heavy atom. The van der Waals surface area contributed by atoms with Crippen LogP contribution >= 0.6 is 0 Å². The third-order valence-corrected chi connectivity index (χ3v) is 6.32. The molecular formula is C24H35N3O2. The number of hydrogen-bond donors (Lipinski definition) is 0. The molecule has 0 saturated carbocycles. The maximum absolute atomic E-state index is 12.7. The van der Waals surface area contributed by atoms with Gasteiger partial charge in [-0.25, -0.2) is 0 Å². The van der Waals surface area contributed by atoms with Crippen molar-refractivity contribution in [2.24, 2.45) is 5.92 Å². The first kappa shape index (κ1) is 21.6. The summed E-state index contributed by atoms with van der Waals surface area (Å²) in [6.07, 6.45) is 5.54. The molecule has 1 aromatic rings. The van der Waals surface area contributed by atoms with Crippen LogP contribution in [0.5, 0.6) is 0 Å². The minimum absolute atomic E-state index is 0.151. The molecule has 0 spiro atoms. The van der Waals surface area contributed by atoms with Crippen LogP contribution in [0.3, 0.4) is 0 Å². The van der Waals surface area contributed by atoms with E-state index in [0.717, 1.165) is 70.6 Å². The third kappa shape index (κ3) is 6.17. The lowest BCUT2D eigenvalue weighted by Gasteiger charge is -2.36. The molecule has 0 unspecified atom stereocenters. The fourth-order valence-electron chi connectivity index (χ4n) is 4.34. The van der Waals surface area contributed by atoms with Crippen LogP contribution in [0.4, 0.5) is 0 Å². The van der Waals surface area contributed by atoms with Gasteiger partial charge < -0.3 is 9.80 Å². The van der Waals surface area contributed by atoms with Gasteiger partial charge in [0.2, 0.25) is 11.8 Å². The number of allylic oxidation sites excluding steroid dienone is 1. The van der Waals surface area contributed by atoms with E-state index in [4.69, 9.17) is 0 Å². The van der Waals surface area contributed by atoms with E-state index in [1.807, 2.05) is 35.8 Å². The topological polar surface area (TPSA) is 43.9 Å². The first-order valence-electron chi connectivity index (χ1n) is 11.0. The minimum atomic E-state index is 0.151. The summed E-state index contributed by atoms with van der Waals surface area (Å²) in [4.78, 5) is 31.5. The summed E-state index contributed by atoms with van der Waals surface area (Å²) in [7, 11) is 0. The number of carbonyl (C=O) groups excluding carboxylic acids is 2. The number of hydrogen-bond acceptors (Lipinski definition) is 3. The maximum atomic E-state index is 12.7. The quantitative estimate of drug-likeness (QED) is 0.692. The Balaban J connectivity index is 1.39. The van der Waals surface area contributed by atoms with E-state index >= 15 is 0 Å². The molecule has 2 saturated heterocycles. The molecule has 2 fully saturated rings.